The van der Waals surface area contributed by atoms with Crippen LogP contribution in [0.5, 0.6) is 0 Å². The molecule has 0 aliphatic carbocycles. The summed E-state index contributed by atoms with van der Waals surface area (Å²) in [5.74, 6) is -4.12. The van der Waals surface area contributed by atoms with Gasteiger partial charge < -0.3 is 23.8 Å². The van der Waals surface area contributed by atoms with Crippen LogP contribution in [0.4, 0.5) is 5.82 Å². The number of nitrogens with zero attached hydrogens (tertiary/aromatic N) is 2. The van der Waals surface area contributed by atoms with Gasteiger partial charge in [0.15, 0.2) is 0 Å². The van der Waals surface area contributed by atoms with Crippen molar-refractivity contribution in [2.24, 2.45) is 0 Å². The minimum atomic E-state index is -1.18. The van der Waals surface area contributed by atoms with Crippen LogP contribution < -0.4 is 10.5 Å². The molecule has 212 valence electrons. The Morgan fingerprint density at radius 2 is 1.17 bits per heavy atom. The van der Waals surface area contributed by atoms with Crippen molar-refractivity contribution >= 4 is 29.7 Å². The van der Waals surface area contributed by atoms with Crippen molar-refractivity contribution in [2.75, 3.05) is 33.3 Å². The molecule has 1 aliphatic rings. The minimum Gasteiger partial charge on any atom is -0.466 e. The number of aromatic nitrogens is 1. The van der Waals surface area contributed by atoms with Crippen LogP contribution in [0.1, 0.15) is 55.2 Å². The lowest BCUT2D eigenvalue weighted by Gasteiger charge is -2.40. The summed E-state index contributed by atoms with van der Waals surface area (Å²) in [5, 5.41) is 0. The van der Waals surface area contributed by atoms with Crippen LogP contribution in [0.3, 0.4) is 0 Å². The third-order valence-corrected chi connectivity index (χ3v) is 6.84. The van der Waals surface area contributed by atoms with Crippen LogP contribution >= 0.6 is 0 Å². The standard InChI is InChI=1S/C30H28N2O9/c1-17-20(27(34)38-2)24(19-14-10-7-11-15-19)32-25(31(17)16-18-12-8-6-9-13-18)22(29(36)40-4)21(28(35)39-3)23(26(32)33)30(37)41-5/h6-15,24H,16H2,1-5H3/t24-/m1/s1. The topological polar surface area (TPSA) is 130 Å². The van der Waals surface area contributed by atoms with Gasteiger partial charge in [0.2, 0.25) is 0 Å². The van der Waals surface area contributed by atoms with Gasteiger partial charge in [-0.05, 0) is 18.1 Å². The van der Waals surface area contributed by atoms with Crippen LogP contribution in [-0.2, 0) is 30.3 Å². The predicted molar refractivity (Wildman–Crippen MR) is 147 cm³/mol. The minimum absolute atomic E-state index is 0.0658. The fraction of sp³-hybridized carbons (Fsp3) is 0.233. The summed E-state index contributed by atoms with van der Waals surface area (Å²) >= 11 is 0. The monoisotopic (exact) mass is 560 g/mol. The SMILES string of the molecule is COC(=O)C1=C(C)N(Cc2ccccc2)c2c(C(=O)OC)c(C(=O)OC)c(C(=O)OC)c(=O)n2[C@@H]1c1ccccc1. The van der Waals surface area contributed by atoms with E-state index < -0.39 is 52.2 Å². The van der Waals surface area contributed by atoms with Gasteiger partial charge in [0.05, 0.1) is 45.6 Å². The maximum absolute atomic E-state index is 14.4. The van der Waals surface area contributed by atoms with E-state index in [1.54, 1.807) is 54.3 Å². The number of rotatable bonds is 7. The molecular weight excluding hydrogens is 532 g/mol. The van der Waals surface area contributed by atoms with Gasteiger partial charge in [-0.1, -0.05) is 60.7 Å². The summed E-state index contributed by atoms with van der Waals surface area (Å²) in [6.07, 6.45) is 0. The van der Waals surface area contributed by atoms with Crippen molar-refractivity contribution in [3.63, 3.8) is 0 Å². The van der Waals surface area contributed by atoms with E-state index in [4.69, 9.17) is 18.9 Å². The number of benzene rings is 2. The van der Waals surface area contributed by atoms with Gasteiger partial charge in [0, 0.05) is 12.2 Å². The first-order valence-electron chi connectivity index (χ1n) is 12.4. The van der Waals surface area contributed by atoms with Crippen molar-refractivity contribution in [3.05, 3.63) is 110 Å². The van der Waals surface area contributed by atoms with Gasteiger partial charge in [-0.15, -0.1) is 0 Å². The zero-order valence-corrected chi connectivity index (χ0v) is 23.1. The molecule has 4 rings (SSSR count). The molecule has 0 spiro atoms. The van der Waals surface area contributed by atoms with E-state index in [2.05, 4.69) is 0 Å². The average Bonchev–Trinajstić information content (AvgIpc) is 3.01. The molecule has 0 N–H and O–H groups in total. The zero-order valence-electron chi connectivity index (χ0n) is 23.1. The predicted octanol–water partition coefficient (Wildman–Crippen LogP) is 3.26. The van der Waals surface area contributed by atoms with Crippen molar-refractivity contribution < 1.29 is 38.1 Å². The lowest BCUT2D eigenvalue weighted by atomic mass is 9.91. The van der Waals surface area contributed by atoms with Gasteiger partial charge in [-0.25, -0.2) is 19.2 Å². The molecule has 41 heavy (non-hydrogen) atoms. The van der Waals surface area contributed by atoms with Crippen LogP contribution in [0, 0.1) is 0 Å². The van der Waals surface area contributed by atoms with Gasteiger partial charge in [0.1, 0.15) is 16.9 Å². The maximum atomic E-state index is 14.4. The van der Waals surface area contributed by atoms with E-state index in [0.717, 1.165) is 31.5 Å². The molecule has 0 unspecified atom stereocenters. The Balaban J connectivity index is 2.28. The first-order chi connectivity index (χ1) is 19.7. The quantitative estimate of drug-likeness (QED) is 0.313. The molecule has 2 aromatic carbocycles. The summed E-state index contributed by atoms with van der Waals surface area (Å²) in [4.78, 5) is 69.0. The molecule has 0 saturated heterocycles. The summed E-state index contributed by atoms with van der Waals surface area (Å²) < 4.78 is 21.1. The van der Waals surface area contributed by atoms with Crippen molar-refractivity contribution in [2.45, 2.75) is 19.5 Å². The smallest absolute Gasteiger partial charge is 0.344 e. The number of carbonyl (C=O) groups excluding carboxylic acids is 4. The first-order valence-corrected chi connectivity index (χ1v) is 12.4. The first kappa shape index (κ1) is 28.8. The number of carbonyl (C=O) groups is 4. The van der Waals surface area contributed by atoms with Crippen molar-refractivity contribution in [3.8, 4) is 0 Å². The number of pyridine rings is 1. The molecule has 2 heterocycles. The second kappa shape index (κ2) is 11.9. The molecule has 0 amide bonds. The van der Waals surface area contributed by atoms with Crippen LogP contribution in [0.2, 0.25) is 0 Å². The zero-order chi connectivity index (χ0) is 29.8. The van der Waals surface area contributed by atoms with Gasteiger partial charge >= 0.3 is 23.9 Å². The highest BCUT2D eigenvalue weighted by Crippen LogP contribution is 2.43. The maximum Gasteiger partial charge on any atom is 0.344 e. The van der Waals surface area contributed by atoms with Gasteiger partial charge in [-0.3, -0.25) is 9.36 Å². The summed E-state index contributed by atoms with van der Waals surface area (Å²) in [6.45, 7) is 1.71. The number of anilines is 1. The molecule has 11 nitrogen and oxygen atoms in total. The molecule has 11 heteroatoms. The fourth-order valence-corrected chi connectivity index (χ4v) is 4.99. The van der Waals surface area contributed by atoms with Crippen LogP contribution in [0.25, 0.3) is 0 Å². The fourth-order valence-electron chi connectivity index (χ4n) is 4.99. The number of methoxy groups -OCH3 is 4. The van der Waals surface area contributed by atoms with E-state index in [9.17, 15) is 24.0 Å². The Morgan fingerprint density at radius 3 is 1.71 bits per heavy atom. The molecule has 1 atom stereocenters. The number of hydrogen-bond donors (Lipinski definition) is 0. The number of esters is 4. The molecule has 0 radical (unpaired) electrons. The van der Waals surface area contributed by atoms with E-state index in [-0.39, 0.29) is 17.9 Å². The van der Waals surface area contributed by atoms with Gasteiger partial charge in [0.25, 0.3) is 5.56 Å². The lowest BCUT2D eigenvalue weighted by Crippen LogP contribution is -2.45. The molecule has 1 aliphatic heterocycles. The van der Waals surface area contributed by atoms with E-state index in [0.29, 0.717) is 11.3 Å². The second-order valence-corrected chi connectivity index (χ2v) is 8.97. The normalized spacial score (nSPS) is 14.2. The molecule has 0 saturated carbocycles. The van der Waals surface area contributed by atoms with Crippen molar-refractivity contribution in [1.82, 2.24) is 4.57 Å². The number of ether oxygens (including phenoxy) is 4. The second-order valence-electron chi connectivity index (χ2n) is 8.97. The summed E-state index contributed by atoms with van der Waals surface area (Å²) in [7, 11) is 4.40. The molecule has 3 aromatic rings. The molecular formula is C30H28N2O9. The summed E-state index contributed by atoms with van der Waals surface area (Å²) in [6, 6.07) is 16.5. The Labute approximate surface area is 235 Å². The molecule has 0 fully saturated rings. The Morgan fingerprint density at radius 1 is 0.683 bits per heavy atom. The third kappa shape index (κ3) is 4.97. The molecule has 1 aromatic heterocycles. The third-order valence-electron chi connectivity index (χ3n) is 6.84. The highest BCUT2D eigenvalue weighted by Gasteiger charge is 2.44. The Kier molecular flexibility index (Phi) is 8.37. The van der Waals surface area contributed by atoms with E-state index >= 15 is 0 Å². The van der Waals surface area contributed by atoms with Crippen LogP contribution in [0.15, 0.2) is 76.7 Å². The number of hydrogen-bond acceptors (Lipinski definition) is 10. The highest BCUT2D eigenvalue weighted by atomic mass is 16.5. The average molecular weight is 561 g/mol. The van der Waals surface area contributed by atoms with Crippen LogP contribution in [-0.4, -0.2) is 56.9 Å². The highest BCUT2D eigenvalue weighted by molar-refractivity contribution is 6.13. The van der Waals surface area contributed by atoms with E-state index in [1.165, 1.54) is 7.11 Å². The summed E-state index contributed by atoms with van der Waals surface area (Å²) in [5.41, 5.74) is -1.08. The largest absolute Gasteiger partial charge is 0.466 e. The number of allylic oxidation sites excluding steroid dienone is 1. The Bertz CT molecular complexity index is 1610. The van der Waals surface area contributed by atoms with Gasteiger partial charge in [-0.2, -0.15) is 0 Å². The molecule has 0 bridgehead atoms. The number of fused-ring (bicyclic) bond motifs is 1. The lowest BCUT2D eigenvalue weighted by molar-refractivity contribution is -0.136. The van der Waals surface area contributed by atoms with E-state index in [1.807, 2.05) is 18.2 Å². The Hall–Kier alpha value is -5.19. The van der Waals surface area contributed by atoms with Crippen molar-refractivity contribution in [1.29, 1.82) is 0 Å².